The molecule has 0 bridgehead atoms. The monoisotopic (exact) mass is 349 g/mol. The zero-order valence-electron chi connectivity index (χ0n) is 15.3. The Morgan fingerprint density at radius 2 is 1.92 bits per heavy atom. The Bertz CT molecular complexity index is 967. The van der Waals surface area contributed by atoms with Crippen molar-refractivity contribution in [2.45, 2.75) is 26.8 Å². The van der Waals surface area contributed by atoms with E-state index in [0.717, 1.165) is 27.7 Å². The number of hydrogen-bond donors (Lipinski definition) is 1. The first kappa shape index (κ1) is 17.8. The first-order valence-corrected chi connectivity index (χ1v) is 8.62. The number of hydrogen-bond acceptors (Lipinski definition) is 3. The Labute approximate surface area is 153 Å². The third kappa shape index (κ3) is 3.10. The van der Waals surface area contributed by atoms with E-state index in [1.165, 1.54) is 0 Å². The molecule has 3 rings (SSSR count). The van der Waals surface area contributed by atoms with Crippen LogP contribution in [0, 0.1) is 13.8 Å². The number of benzene rings is 2. The Balaban J connectivity index is 2.06. The summed E-state index contributed by atoms with van der Waals surface area (Å²) in [6, 6.07) is 13.0. The van der Waals surface area contributed by atoms with Gasteiger partial charge in [0.2, 0.25) is 0 Å². The van der Waals surface area contributed by atoms with Gasteiger partial charge in [-0.05, 0) is 62.2 Å². The van der Waals surface area contributed by atoms with Gasteiger partial charge in [-0.15, -0.1) is 0 Å². The summed E-state index contributed by atoms with van der Waals surface area (Å²) in [5.41, 5.74) is 5.01. The number of esters is 1. The van der Waals surface area contributed by atoms with Gasteiger partial charge in [0, 0.05) is 16.6 Å². The fraction of sp³-hybridized carbons (Fsp3) is 0.227. The van der Waals surface area contributed by atoms with E-state index in [2.05, 4.69) is 31.9 Å². The van der Waals surface area contributed by atoms with Crippen LogP contribution in [0.25, 0.3) is 10.9 Å². The minimum Gasteiger partial charge on any atom is -0.508 e. The molecular weight excluding hydrogens is 326 g/mol. The largest absolute Gasteiger partial charge is 0.508 e. The number of ether oxygens (including phenoxy) is 1. The second-order valence-corrected chi connectivity index (χ2v) is 6.47. The van der Waals surface area contributed by atoms with Crippen LogP contribution in [-0.4, -0.2) is 22.2 Å². The van der Waals surface area contributed by atoms with Gasteiger partial charge in [0.15, 0.2) is 0 Å². The number of fused-ring (bicyclic) bond motifs is 1. The highest BCUT2D eigenvalue weighted by Gasteiger charge is 2.18. The number of phenolic OH excluding ortho intramolecular Hbond substituents is 1. The molecule has 0 saturated heterocycles. The van der Waals surface area contributed by atoms with Crippen LogP contribution < -0.4 is 0 Å². The highest BCUT2D eigenvalue weighted by molar-refractivity contribution is 5.96. The van der Waals surface area contributed by atoms with Gasteiger partial charge in [-0.2, -0.15) is 0 Å². The van der Waals surface area contributed by atoms with Gasteiger partial charge >= 0.3 is 5.97 Å². The molecule has 1 N–H and O–H groups in total. The zero-order valence-corrected chi connectivity index (χ0v) is 15.3. The van der Waals surface area contributed by atoms with Crippen molar-refractivity contribution in [2.75, 3.05) is 6.61 Å². The molecule has 2 aromatic carbocycles. The van der Waals surface area contributed by atoms with Crippen LogP contribution in [0.15, 0.2) is 55.1 Å². The van der Waals surface area contributed by atoms with Crippen LogP contribution in [0.1, 0.15) is 40.1 Å². The molecule has 1 heterocycles. The van der Waals surface area contributed by atoms with Crippen molar-refractivity contribution >= 4 is 16.9 Å². The molecular formula is C22H23NO3. The van der Waals surface area contributed by atoms with Crippen LogP contribution in [0.3, 0.4) is 0 Å². The molecule has 1 atom stereocenters. The third-order valence-corrected chi connectivity index (χ3v) is 4.89. The van der Waals surface area contributed by atoms with E-state index in [-0.39, 0.29) is 24.4 Å². The molecule has 4 nitrogen and oxygen atoms in total. The summed E-state index contributed by atoms with van der Waals surface area (Å²) in [7, 11) is 0. The maximum Gasteiger partial charge on any atom is 0.338 e. The predicted molar refractivity (Wildman–Crippen MR) is 104 cm³/mol. The molecule has 1 unspecified atom stereocenters. The van der Waals surface area contributed by atoms with E-state index < -0.39 is 0 Å². The average Bonchev–Trinajstić information content (AvgIpc) is 2.90. The molecule has 0 radical (unpaired) electrons. The van der Waals surface area contributed by atoms with Crippen LogP contribution in [0.2, 0.25) is 0 Å². The van der Waals surface area contributed by atoms with Crippen LogP contribution in [0.4, 0.5) is 0 Å². The third-order valence-electron chi connectivity index (χ3n) is 4.89. The Morgan fingerprint density at radius 1 is 1.23 bits per heavy atom. The van der Waals surface area contributed by atoms with Gasteiger partial charge in [-0.25, -0.2) is 4.79 Å². The summed E-state index contributed by atoms with van der Waals surface area (Å²) in [4.78, 5) is 12.1. The van der Waals surface area contributed by atoms with Crippen LogP contribution in [0.5, 0.6) is 5.75 Å². The topological polar surface area (TPSA) is 51.5 Å². The molecule has 0 aliphatic carbocycles. The second kappa shape index (κ2) is 7.08. The molecule has 4 heteroatoms. The fourth-order valence-electron chi connectivity index (χ4n) is 3.35. The number of aryl methyl sites for hydroxylation is 1. The van der Waals surface area contributed by atoms with Gasteiger partial charge < -0.3 is 14.4 Å². The molecule has 0 aliphatic rings. The minimum atomic E-state index is -0.344. The molecule has 26 heavy (non-hydrogen) atoms. The molecule has 134 valence electrons. The molecule has 0 aliphatic heterocycles. The van der Waals surface area contributed by atoms with Crippen molar-refractivity contribution in [1.82, 2.24) is 4.57 Å². The number of nitrogens with zero attached hydrogens (tertiary/aromatic N) is 1. The Hall–Kier alpha value is -3.01. The Morgan fingerprint density at radius 3 is 2.58 bits per heavy atom. The van der Waals surface area contributed by atoms with Gasteiger partial charge in [0.1, 0.15) is 12.4 Å². The zero-order chi connectivity index (χ0) is 18.8. The van der Waals surface area contributed by atoms with Gasteiger partial charge in [0.25, 0.3) is 0 Å². The average molecular weight is 349 g/mol. The Kier molecular flexibility index (Phi) is 4.85. The molecule has 0 fully saturated rings. The normalized spacial score (nSPS) is 12.1. The number of aromatic hydroxyl groups is 1. The smallest absolute Gasteiger partial charge is 0.338 e. The maximum atomic E-state index is 12.1. The molecule has 0 spiro atoms. The van der Waals surface area contributed by atoms with Crippen molar-refractivity contribution in [3.8, 4) is 5.75 Å². The number of carbonyl (C=O) groups is 1. The first-order chi connectivity index (χ1) is 12.4. The van der Waals surface area contributed by atoms with Gasteiger partial charge in [-0.1, -0.05) is 24.8 Å². The lowest BCUT2D eigenvalue weighted by atomic mass is 10.1. The number of rotatable bonds is 5. The van der Waals surface area contributed by atoms with E-state index in [0.29, 0.717) is 5.56 Å². The predicted octanol–water partition coefficient (Wildman–Crippen LogP) is 4.92. The second-order valence-electron chi connectivity index (χ2n) is 6.47. The lowest BCUT2D eigenvalue weighted by molar-refractivity contribution is 0.0550. The van der Waals surface area contributed by atoms with E-state index in [4.69, 9.17) is 4.74 Å². The molecule has 0 amide bonds. The lowest BCUT2D eigenvalue weighted by Gasteiger charge is -2.18. The van der Waals surface area contributed by atoms with Gasteiger partial charge in [0.05, 0.1) is 11.6 Å². The van der Waals surface area contributed by atoms with E-state index in [9.17, 15) is 9.90 Å². The van der Waals surface area contributed by atoms with E-state index in [1.807, 2.05) is 24.3 Å². The van der Waals surface area contributed by atoms with E-state index in [1.54, 1.807) is 24.3 Å². The summed E-state index contributed by atoms with van der Waals surface area (Å²) in [5, 5.41) is 10.6. The fourth-order valence-corrected chi connectivity index (χ4v) is 3.35. The highest BCUT2D eigenvalue weighted by atomic mass is 16.5. The number of carbonyl (C=O) groups excluding carboxylic acids is 1. The van der Waals surface area contributed by atoms with Crippen molar-refractivity contribution in [3.05, 3.63) is 77.5 Å². The summed E-state index contributed by atoms with van der Waals surface area (Å²) >= 11 is 0. The number of aromatic nitrogens is 1. The van der Waals surface area contributed by atoms with Crippen molar-refractivity contribution in [3.63, 3.8) is 0 Å². The summed E-state index contributed by atoms with van der Waals surface area (Å²) in [6.45, 7) is 10.0. The van der Waals surface area contributed by atoms with Crippen molar-refractivity contribution < 1.29 is 14.6 Å². The minimum absolute atomic E-state index is 0.102. The molecule has 3 aromatic rings. The summed E-state index contributed by atoms with van der Waals surface area (Å²) in [5.74, 6) is -0.0860. The van der Waals surface area contributed by atoms with Crippen molar-refractivity contribution in [2.24, 2.45) is 0 Å². The standard InChI is InChI=1S/C22H23NO3/c1-5-12-26-22(25)18-8-11-21-20(13-18)14(2)15(3)23(21)16(4)17-6-9-19(24)10-7-17/h5-11,13,16,24H,1,12H2,2-4H3. The molecule has 0 saturated carbocycles. The number of phenols is 1. The van der Waals surface area contributed by atoms with Crippen molar-refractivity contribution in [1.29, 1.82) is 0 Å². The molecule has 1 aromatic heterocycles. The SMILES string of the molecule is C=CCOC(=O)c1ccc2c(c1)c(C)c(C)n2C(C)c1ccc(O)cc1. The summed E-state index contributed by atoms with van der Waals surface area (Å²) < 4.78 is 7.40. The maximum absolute atomic E-state index is 12.1. The quantitative estimate of drug-likeness (QED) is 0.526. The van der Waals surface area contributed by atoms with Crippen LogP contribution in [-0.2, 0) is 4.74 Å². The first-order valence-electron chi connectivity index (χ1n) is 8.62. The van der Waals surface area contributed by atoms with E-state index >= 15 is 0 Å². The van der Waals surface area contributed by atoms with Gasteiger partial charge in [-0.3, -0.25) is 0 Å². The highest BCUT2D eigenvalue weighted by Crippen LogP contribution is 2.32. The summed E-state index contributed by atoms with van der Waals surface area (Å²) in [6.07, 6.45) is 1.56. The lowest BCUT2D eigenvalue weighted by Crippen LogP contribution is -2.08. The van der Waals surface area contributed by atoms with Crippen LogP contribution >= 0.6 is 0 Å².